The number of benzene rings is 2. The molecule has 6 N–H and O–H groups in total. The molecule has 0 unspecified atom stereocenters. The standard InChI is InChI=1S/C24H22FN7O3.C2H4O2/c1-34-18-12-15(11-14-8-10-35-20(14)18)19(29-16-6-4-13(5-7-16)21(26)27)22-30-24(33)32(31-22)23-17(25)3-2-9-28-23;1-2(3)4/h2-7,9,11-12,19,29H,8,10H2,1H3,(H3,26,27)(H,30,31,33);1H3,(H,3,4)/t19-;/m0./s1. The molecule has 0 saturated heterocycles. The summed E-state index contributed by atoms with van der Waals surface area (Å²) in [5.41, 5.74) is 7.92. The molecule has 0 radical (unpaired) electrons. The molecule has 0 amide bonds. The predicted octanol–water partition coefficient (Wildman–Crippen LogP) is 2.61. The molecule has 39 heavy (non-hydrogen) atoms. The van der Waals surface area contributed by atoms with Gasteiger partial charge in [0.25, 0.3) is 5.97 Å². The number of hydrogen-bond acceptors (Lipinski definition) is 8. The molecule has 12 nitrogen and oxygen atoms in total. The zero-order chi connectivity index (χ0) is 28.1. The number of carbonyl (C=O) groups is 1. The molecule has 3 heterocycles. The number of aromatic nitrogens is 4. The normalized spacial score (nSPS) is 12.4. The number of aliphatic carboxylic acids is 1. The van der Waals surface area contributed by atoms with Gasteiger partial charge in [-0.1, -0.05) is 0 Å². The second-order valence-corrected chi connectivity index (χ2v) is 8.43. The largest absolute Gasteiger partial charge is 0.493 e. The van der Waals surface area contributed by atoms with E-state index in [-0.39, 0.29) is 17.5 Å². The molecule has 0 fully saturated rings. The van der Waals surface area contributed by atoms with Crippen molar-refractivity contribution in [2.24, 2.45) is 5.73 Å². The summed E-state index contributed by atoms with van der Waals surface area (Å²) in [4.78, 5) is 28.4. The van der Waals surface area contributed by atoms with Crippen molar-refractivity contribution in [1.29, 1.82) is 5.41 Å². The van der Waals surface area contributed by atoms with Gasteiger partial charge in [-0.3, -0.25) is 15.2 Å². The lowest BCUT2D eigenvalue weighted by Crippen LogP contribution is -2.18. The van der Waals surface area contributed by atoms with Crippen LogP contribution in [0.25, 0.3) is 5.82 Å². The van der Waals surface area contributed by atoms with Gasteiger partial charge in [0, 0.05) is 36.4 Å². The van der Waals surface area contributed by atoms with Crippen LogP contribution in [0.3, 0.4) is 0 Å². The van der Waals surface area contributed by atoms with Crippen molar-refractivity contribution in [3.05, 3.63) is 93.5 Å². The average Bonchev–Trinajstić information content (AvgIpc) is 3.53. The van der Waals surface area contributed by atoms with Crippen LogP contribution in [-0.2, 0) is 11.2 Å². The number of rotatable bonds is 7. The Morgan fingerprint density at radius 3 is 2.67 bits per heavy atom. The first kappa shape index (κ1) is 26.9. The maximum absolute atomic E-state index is 14.3. The number of methoxy groups -OCH3 is 1. The summed E-state index contributed by atoms with van der Waals surface area (Å²) in [6.07, 6.45) is 2.10. The second kappa shape index (κ2) is 11.5. The highest BCUT2D eigenvalue weighted by Gasteiger charge is 2.26. The molecular weight excluding hydrogens is 509 g/mol. The molecule has 1 aliphatic heterocycles. The summed E-state index contributed by atoms with van der Waals surface area (Å²) in [6.45, 7) is 1.63. The highest BCUT2D eigenvalue weighted by Crippen LogP contribution is 2.39. The van der Waals surface area contributed by atoms with Crippen LogP contribution in [0.5, 0.6) is 11.5 Å². The highest BCUT2D eigenvalue weighted by molar-refractivity contribution is 5.95. The Labute approximate surface area is 221 Å². The summed E-state index contributed by atoms with van der Waals surface area (Å²) in [5, 5.41) is 22.7. The van der Waals surface area contributed by atoms with E-state index in [1.807, 2.05) is 12.1 Å². The first-order chi connectivity index (χ1) is 18.7. The lowest BCUT2D eigenvalue weighted by atomic mass is 10.0. The number of nitrogen functional groups attached to an aromatic ring is 1. The Bertz CT molecular complexity index is 1560. The zero-order valence-electron chi connectivity index (χ0n) is 21.1. The number of nitrogens with zero attached hydrogens (tertiary/aromatic N) is 3. The molecule has 13 heteroatoms. The van der Waals surface area contributed by atoms with Crippen molar-refractivity contribution in [1.82, 2.24) is 19.7 Å². The topological polar surface area (TPSA) is 181 Å². The Kier molecular flexibility index (Phi) is 7.89. The third-order valence-corrected chi connectivity index (χ3v) is 5.68. The number of anilines is 1. The van der Waals surface area contributed by atoms with Crippen molar-refractivity contribution in [3.63, 3.8) is 0 Å². The number of pyridine rings is 1. The molecule has 2 aromatic carbocycles. The van der Waals surface area contributed by atoms with Crippen molar-refractivity contribution in [2.75, 3.05) is 19.0 Å². The summed E-state index contributed by atoms with van der Waals surface area (Å²) in [5.74, 6) is -0.256. The highest BCUT2D eigenvalue weighted by atomic mass is 19.1. The minimum atomic E-state index is -0.833. The number of carboxylic acid groups (broad SMARTS) is 1. The number of aromatic amines is 1. The summed E-state index contributed by atoms with van der Waals surface area (Å²) in [6, 6.07) is 12.7. The van der Waals surface area contributed by atoms with E-state index in [0.717, 1.165) is 22.7 Å². The van der Waals surface area contributed by atoms with E-state index >= 15 is 0 Å². The van der Waals surface area contributed by atoms with Crippen LogP contribution in [0.2, 0.25) is 0 Å². The van der Waals surface area contributed by atoms with E-state index < -0.39 is 23.5 Å². The quantitative estimate of drug-likeness (QED) is 0.175. The third kappa shape index (κ3) is 6.04. The molecule has 2 aromatic heterocycles. The van der Waals surface area contributed by atoms with E-state index in [4.69, 9.17) is 30.5 Å². The van der Waals surface area contributed by atoms with E-state index in [2.05, 4.69) is 20.4 Å². The first-order valence-corrected chi connectivity index (χ1v) is 11.7. The molecule has 0 saturated carbocycles. The minimum absolute atomic E-state index is 0.0445. The van der Waals surface area contributed by atoms with Crippen LogP contribution in [-0.4, -0.2) is 50.4 Å². The number of halogens is 1. The van der Waals surface area contributed by atoms with Gasteiger partial charge in [0.2, 0.25) is 0 Å². The van der Waals surface area contributed by atoms with Gasteiger partial charge >= 0.3 is 5.69 Å². The van der Waals surface area contributed by atoms with Gasteiger partial charge in [0.05, 0.1) is 13.7 Å². The van der Waals surface area contributed by atoms with Crippen LogP contribution >= 0.6 is 0 Å². The smallest absolute Gasteiger partial charge is 0.349 e. The Morgan fingerprint density at radius 1 is 1.31 bits per heavy atom. The molecule has 4 aromatic rings. The van der Waals surface area contributed by atoms with E-state index in [0.29, 0.717) is 35.8 Å². The van der Waals surface area contributed by atoms with Gasteiger partial charge in [0.15, 0.2) is 29.0 Å². The number of nitrogens with one attached hydrogen (secondary N) is 3. The van der Waals surface area contributed by atoms with Crippen molar-refractivity contribution < 1.29 is 23.8 Å². The Balaban J connectivity index is 0.000000826. The number of amidine groups is 1. The number of hydrogen-bond donors (Lipinski definition) is 5. The van der Waals surface area contributed by atoms with Gasteiger partial charge in [-0.25, -0.2) is 14.2 Å². The van der Waals surface area contributed by atoms with Crippen molar-refractivity contribution in [3.8, 4) is 17.3 Å². The van der Waals surface area contributed by atoms with E-state index in [9.17, 15) is 9.18 Å². The lowest BCUT2D eigenvalue weighted by Gasteiger charge is -2.20. The molecule has 1 aliphatic rings. The molecular formula is C26H26FN7O5. The Hall–Kier alpha value is -5.20. The summed E-state index contributed by atoms with van der Waals surface area (Å²) < 4.78 is 26.5. The van der Waals surface area contributed by atoms with Crippen molar-refractivity contribution in [2.45, 2.75) is 19.4 Å². The predicted molar refractivity (Wildman–Crippen MR) is 140 cm³/mol. The van der Waals surface area contributed by atoms with Crippen LogP contribution in [0.1, 0.15) is 35.5 Å². The van der Waals surface area contributed by atoms with Gasteiger partial charge in [0.1, 0.15) is 11.9 Å². The minimum Gasteiger partial charge on any atom is -0.493 e. The molecule has 1 atom stereocenters. The van der Waals surface area contributed by atoms with Gasteiger partial charge < -0.3 is 25.6 Å². The zero-order valence-corrected chi connectivity index (χ0v) is 21.1. The number of fused-ring (bicyclic) bond motifs is 1. The fourth-order valence-electron chi connectivity index (χ4n) is 3.98. The number of carboxylic acids is 1. The van der Waals surface area contributed by atoms with E-state index in [1.54, 1.807) is 31.4 Å². The first-order valence-electron chi connectivity index (χ1n) is 11.7. The third-order valence-electron chi connectivity index (χ3n) is 5.68. The molecule has 5 rings (SSSR count). The fourth-order valence-corrected chi connectivity index (χ4v) is 3.98. The van der Waals surface area contributed by atoms with Crippen LogP contribution in [0, 0.1) is 11.2 Å². The summed E-state index contributed by atoms with van der Waals surface area (Å²) >= 11 is 0. The van der Waals surface area contributed by atoms with Crippen LogP contribution in [0.4, 0.5) is 10.1 Å². The fraction of sp³-hybridized carbons (Fsp3) is 0.192. The molecule has 0 aliphatic carbocycles. The maximum atomic E-state index is 14.3. The van der Waals surface area contributed by atoms with Crippen molar-refractivity contribution >= 4 is 17.5 Å². The maximum Gasteiger partial charge on any atom is 0.349 e. The number of ether oxygens (including phenoxy) is 2. The molecule has 0 spiro atoms. The SMILES string of the molecule is CC(=O)O.COc1cc([C@H](Nc2ccc(C(=N)N)cc2)c2nn(-c3ncccc3F)c(=O)[nH]2)cc2c1OCC2. The van der Waals surface area contributed by atoms with E-state index in [1.165, 1.54) is 18.3 Å². The average molecular weight is 536 g/mol. The molecule has 0 bridgehead atoms. The van der Waals surface area contributed by atoms with Gasteiger partial charge in [-0.15, -0.1) is 5.10 Å². The second-order valence-electron chi connectivity index (χ2n) is 8.43. The molecule has 202 valence electrons. The lowest BCUT2D eigenvalue weighted by molar-refractivity contribution is -0.134. The summed E-state index contributed by atoms with van der Waals surface area (Å²) in [7, 11) is 1.56. The van der Waals surface area contributed by atoms with Crippen LogP contribution in [0.15, 0.2) is 59.5 Å². The Morgan fingerprint density at radius 2 is 2.03 bits per heavy atom. The monoisotopic (exact) mass is 535 g/mol. The van der Waals surface area contributed by atoms with Gasteiger partial charge in [-0.05, 0) is 54.1 Å². The van der Waals surface area contributed by atoms with Gasteiger partial charge in [-0.2, -0.15) is 4.68 Å². The number of nitrogens with two attached hydrogens (primary N) is 1. The van der Waals surface area contributed by atoms with Crippen LogP contribution < -0.4 is 26.2 Å². The number of H-pyrrole nitrogens is 1.